The van der Waals surface area contributed by atoms with Crippen molar-refractivity contribution >= 4 is 0 Å². The first-order chi connectivity index (χ1) is 8.13. The van der Waals surface area contributed by atoms with E-state index in [9.17, 15) is 0 Å². The fourth-order valence-electron chi connectivity index (χ4n) is 2.29. The van der Waals surface area contributed by atoms with Crippen molar-refractivity contribution in [2.75, 3.05) is 13.2 Å². The van der Waals surface area contributed by atoms with Crippen LogP contribution in [0.15, 0.2) is 12.1 Å². The summed E-state index contributed by atoms with van der Waals surface area (Å²) in [7, 11) is 0. The van der Waals surface area contributed by atoms with Gasteiger partial charge in [-0.2, -0.15) is 0 Å². The molecule has 1 N–H and O–H groups in total. The molecule has 1 saturated heterocycles. The van der Waals surface area contributed by atoms with E-state index < -0.39 is 0 Å². The zero-order valence-corrected chi connectivity index (χ0v) is 11.0. The van der Waals surface area contributed by atoms with Crippen LogP contribution in [0.3, 0.4) is 0 Å². The maximum absolute atomic E-state index is 5.86. The Morgan fingerprint density at radius 1 is 1.29 bits per heavy atom. The lowest BCUT2D eigenvalue weighted by Gasteiger charge is -2.27. The van der Waals surface area contributed by atoms with E-state index in [0.717, 1.165) is 30.3 Å². The van der Waals surface area contributed by atoms with E-state index in [0.29, 0.717) is 12.0 Å². The third-order valence-electron chi connectivity index (χ3n) is 3.30. The molecule has 1 aliphatic heterocycles. The lowest BCUT2D eigenvalue weighted by atomic mass is 9.96. The predicted molar refractivity (Wildman–Crippen MR) is 69.4 cm³/mol. The third kappa shape index (κ3) is 3.70. The van der Waals surface area contributed by atoms with Crippen molar-refractivity contribution in [3.05, 3.63) is 23.5 Å². The van der Waals surface area contributed by atoms with E-state index in [2.05, 4.69) is 17.2 Å². The van der Waals surface area contributed by atoms with Crippen LogP contribution in [0.2, 0.25) is 0 Å². The van der Waals surface area contributed by atoms with Crippen molar-refractivity contribution in [3.63, 3.8) is 0 Å². The third-order valence-corrected chi connectivity index (χ3v) is 3.30. The van der Waals surface area contributed by atoms with Gasteiger partial charge in [-0.25, -0.2) is 0 Å². The van der Waals surface area contributed by atoms with Gasteiger partial charge < -0.3 is 10.1 Å². The summed E-state index contributed by atoms with van der Waals surface area (Å²) in [5, 5.41) is 3.50. The second kappa shape index (κ2) is 5.50. The number of hydrogen-bond donors (Lipinski definition) is 1. The predicted octanol–water partition coefficient (Wildman–Crippen LogP) is 2.47. The quantitative estimate of drug-likeness (QED) is 0.872. The van der Waals surface area contributed by atoms with Crippen molar-refractivity contribution in [1.29, 1.82) is 0 Å². The molecule has 0 aliphatic carbocycles. The molecule has 1 aliphatic rings. The van der Waals surface area contributed by atoms with Gasteiger partial charge in [0, 0.05) is 42.0 Å². The minimum absolute atomic E-state index is 0.639. The Balaban J connectivity index is 1.85. The van der Waals surface area contributed by atoms with Gasteiger partial charge in [-0.1, -0.05) is 0 Å². The lowest BCUT2D eigenvalue weighted by Crippen LogP contribution is -2.39. The number of ether oxygens (including phenoxy) is 1. The van der Waals surface area contributed by atoms with Gasteiger partial charge in [0.1, 0.15) is 5.75 Å². The highest BCUT2D eigenvalue weighted by Crippen LogP contribution is 2.18. The van der Waals surface area contributed by atoms with Crippen molar-refractivity contribution in [2.45, 2.75) is 39.7 Å². The van der Waals surface area contributed by atoms with E-state index in [1.54, 1.807) is 0 Å². The molecule has 0 saturated carbocycles. The number of hydrogen-bond acceptors (Lipinski definition) is 3. The highest BCUT2D eigenvalue weighted by Gasteiger charge is 2.17. The van der Waals surface area contributed by atoms with Gasteiger partial charge in [0.05, 0.1) is 6.61 Å². The molecule has 3 heteroatoms. The summed E-state index contributed by atoms with van der Waals surface area (Å²) in [6.45, 7) is 8.13. The largest absolute Gasteiger partial charge is 0.493 e. The summed E-state index contributed by atoms with van der Waals surface area (Å²) >= 11 is 0. The fraction of sp³-hybridized carbons (Fsp3) is 0.643. The molecule has 0 amide bonds. The van der Waals surface area contributed by atoms with Crippen LogP contribution in [0.25, 0.3) is 0 Å². The van der Waals surface area contributed by atoms with Crippen LogP contribution in [0, 0.1) is 19.8 Å². The standard InChI is InChI=1S/C14H22N2O/c1-10-4-5-13(8-15-10)9-17-14-6-11(2)16-12(3)7-14/h6-7,10,13,15H,4-5,8-9H2,1-3H3/t10-,13-/m0/s1. The zero-order chi connectivity index (χ0) is 12.3. The molecule has 1 aromatic heterocycles. The smallest absolute Gasteiger partial charge is 0.122 e. The topological polar surface area (TPSA) is 34.1 Å². The SMILES string of the molecule is Cc1cc(OC[C@H]2CC[C@H](C)NC2)cc(C)n1. The molecule has 17 heavy (non-hydrogen) atoms. The zero-order valence-electron chi connectivity index (χ0n) is 11.0. The maximum atomic E-state index is 5.86. The van der Waals surface area contributed by atoms with Gasteiger partial charge >= 0.3 is 0 Å². The Morgan fingerprint density at radius 3 is 2.59 bits per heavy atom. The molecule has 0 unspecified atom stereocenters. The van der Waals surface area contributed by atoms with E-state index in [1.807, 2.05) is 26.0 Å². The Kier molecular flexibility index (Phi) is 4.00. The lowest BCUT2D eigenvalue weighted by molar-refractivity contribution is 0.203. The average molecular weight is 234 g/mol. The summed E-state index contributed by atoms with van der Waals surface area (Å²) in [4.78, 5) is 4.35. The number of nitrogens with zero attached hydrogens (tertiary/aromatic N) is 1. The number of nitrogens with one attached hydrogen (secondary N) is 1. The molecular weight excluding hydrogens is 212 g/mol. The van der Waals surface area contributed by atoms with Gasteiger partial charge in [0.15, 0.2) is 0 Å². The van der Waals surface area contributed by atoms with E-state index in [1.165, 1.54) is 12.8 Å². The molecule has 2 heterocycles. The van der Waals surface area contributed by atoms with Crippen molar-refractivity contribution in [3.8, 4) is 5.75 Å². The van der Waals surface area contributed by atoms with E-state index in [-0.39, 0.29) is 0 Å². The molecule has 2 atom stereocenters. The molecule has 0 spiro atoms. The second-order valence-electron chi connectivity index (χ2n) is 5.15. The summed E-state index contributed by atoms with van der Waals surface area (Å²) in [6.07, 6.45) is 2.51. The summed E-state index contributed by atoms with van der Waals surface area (Å²) in [5.74, 6) is 1.59. The first kappa shape index (κ1) is 12.4. The summed E-state index contributed by atoms with van der Waals surface area (Å²) < 4.78 is 5.86. The fourth-order valence-corrected chi connectivity index (χ4v) is 2.29. The number of pyridine rings is 1. The van der Waals surface area contributed by atoms with Gasteiger partial charge in [-0.3, -0.25) is 4.98 Å². The minimum atomic E-state index is 0.639. The summed E-state index contributed by atoms with van der Waals surface area (Å²) in [5.41, 5.74) is 2.05. The molecule has 0 aromatic carbocycles. The monoisotopic (exact) mass is 234 g/mol. The second-order valence-corrected chi connectivity index (χ2v) is 5.15. The number of piperidine rings is 1. The minimum Gasteiger partial charge on any atom is -0.493 e. The Bertz CT molecular complexity index is 350. The molecular formula is C14H22N2O. The Morgan fingerprint density at radius 2 is 2.00 bits per heavy atom. The van der Waals surface area contributed by atoms with Gasteiger partial charge in [0.25, 0.3) is 0 Å². The van der Waals surface area contributed by atoms with Gasteiger partial charge in [-0.15, -0.1) is 0 Å². The average Bonchev–Trinajstić information content (AvgIpc) is 2.27. The van der Waals surface area contributed by atoms with Crippen LogP contribution >= 0.6 is 0 Å². The molecule has 0 bridgehead atoms. The van der Waals surface area contributed by atoms with Crippen LogP contribution in [-0.2, 0) is 0 Å². The highest BCUT2D eigenvalue weighted by atomic mass is 16.5. The van der Waals surface area contributed by atoms with Crippen molar-refractivity contribution < 1.29 is 4.74 Å². The molecule has 94 valence electrons. The number of aryl methyl sites for hydroxylation is 2. The van der Waals surface area contributed by atoms with Crippen LogP contribution < -0.4 is 10.1 Å². The molecule has 0 radical (unpaired) electrons. The Labute approximate surface area is 104 Å². The molecule has 3 nitrogen and oxygen atoms in total. The van der Waals surface area contributed by atoms with Crippen LogP contribution in [-0.4, -0.2) is 24.2 Å². The molecule has 1 aromatic rings. The Hall–Kier alpha value is -1.09. The van der Waals surface area contributed by atoms with Crippen LogP contribution in [0.1, 0.15) is 31.2 Å². The van der Waals surface area contributed by atoms with E-state index in [4.69, 9.17) is 4.74 Å². The van der Waals surface area contributed by atoms with Crippen molar-refractivity contribution in [2.24, 2.45) is 5.92 Å². The first-order valence-corrected chi connectivity index (χ1v) is 6.45. The number of rotatable bonds is 3. The normalized spacial score (nSPS) is 24.6. The highest BCUT2D eigenvalue weighted by molar-refractivity contribution is 5.26. The first-order valence-electron chi connectivity index (χ1n) is 6.45. The van der Waals surface area contributed by atoms with Crippen molar-refractivity contribution in [1.82, 2.24) is 10.3 Å². The van der Waals surface area contributed by atoms with Gasteiger partial charge in [-0.05, 0) is 33.6 Å². The molecule has 2 rings (SSSR count). The van der Waals surface area contributed by atoms with Crippen LogP contribution in [0.5, 0.6) is 5.75 Å². The number of aromatic nitrogens is 1. The maximum Gasteiger partial charge on any atom is 0.122 e. The molecule has 1 fully saturated rings. The van der Waals surface area contributed by atoms with E-state index >= 15 is 0 Å². The summed E-state index contributed by atoms with van der Waals surface area (Å²) in [6, 6.07) is 4.68. The van der Waals surface area contributed by atoms with Gasteiger partial charge in [0.2, 0.25) is 0 Å². The van der Waals surface area contributed by atoms with Crippen LogP contribution in [0.4, 0.5) is 0 Å².